The van der Waals surface area contributed by atoms with E-state index < -0.39 is 0 Å². The van der Waals surface area contributed by atoms with Crippen molar-refractivity contribution in [3.05, 3.63) is 52.0 Å². The van der Waals surface area contributed by atoms with E-state index in [2.05, 4.69) is 16.5 Å². The van der Waals surface area contributed by atoms with Crippen LogP contribution in [0.1, 0.15) is 24.7 Å². The highest BCUT2D eigenvalue weighted by molar-refractivity contribution is 6.33. The van der Waals surface area contributed by atoms with Gasteiger partial charge in [0.25, 0.3) is 0 Å². The molecule has 0 aliphatic heterocycles. The quantitative estimate of drug-likeness (QED) is 0.918. The molecule has 0 amide bonds. The summed E-state index contributed by atoms with van der Waals surface area (Å²) in [5.41, 5.74) is 6.96. The van der Waals surface area contributed by atoms with Crippen LogP contribution < -0.4 is 5.73 Å². The Hall–Kier alpha value is -1.03. The molecular formula is C14H17Cl2N3. The lowest BCUT2D eigenvalue weighted by molar-refractivity contribution is 0.597. The zero-order valence-electron chi connectivity index (χ0n) is 10.8. The van der Waals surface area contributed by atoms with Crippen molar-refractivity contribution < 1.29 is 0 Å². The van der Waals surface area contributed by atoms with Crippen LogP contribution in [0.2, 0.25) is 10.0 Å². The van der Waals surface area contributed by atoms with Gasteiger partial charge in [0.1, 0.15) is 5.82 Å². The van der Waals surface area contributed by atoms with Crippen molar-refractivity contribution in [2.24, 2.45) is 5.73 Å². The first-order valence-corrected chi connectivity index (χ1v) is 7.05. The molecule has 1 aromatic heterocycles. The van der Waals surface area contributed by atoms with Gasteiger partial charge in [-0.25, -0.2) is 4.98 Å². The molecular weight excluding hydrogens is 281 g/mol. The zero-order valence-corrected chi connectivity index (χ0v) is 12.3. The van der Waals surface area contributed by atoms with Crippen LogP contribution in [-0.2, 0) is 13.0 Å². The van der Waals surface area contributed by atoms with E-state index >= 15 is 0 Å². The molecule has 0 aliphatic rings. The molecule has 2 aromatic rings. The zero-order chi connectivity index (χ0) is 13.8. The Labute approximate surface area is 123 Å². The summed E-state index contributed by atoms with van der Waals surface area (Å²) >= 11 is 12.2. The largest absolute Gasteiger partial charge is 0.330 e. The van der Waals surface area contributed by atoms with Gasteiger partial charge in [-0.2, -0.15) is 0 Å². The van der Waals surface area contributed by atoms with Crippen LogP contribution in [0.5, 0.6) is 0 Å². The molecule has 0 bridgehead atoms. The van der Waals surface area contributed by atoms with Crippen LogP contribution >= 0.6 is 23.2 Å². The first-order chi connectivity index (χ1) is 9.10. The van der Waals surface area contributed by atoms with Crippen LogP contribution in [-0.4, -0.2) is 15.6 Å². The van der Waals surface area contributed by atoms with Crippen LogP contribution in [0, 0.1) is 0 Å². The molecule has 0 spiro atoms. The highest BCUT2D eigenvalue weighted by atomic mass is 35.5. The Morgan fingerprint density at radius 3 is 2.89 bits per heavy atom. The highest BCUT2D eigenvalue weighted by Crippen LogP contribution is 2.22. The fraction of sp³-hybridized carbons (Fsp3) is 0.357. The van der Waals surface area contributed by atoms with Crippen molar-refractivity contribution in [1.29, 1.82) is 0 Å². The minimum Gasteiger partial charge on any atom is -0.330 e. The van der Waals surface area contributed by atoms with Gasteiger partial charge in [-0.1, -0.05) is 30.1 Å². The molecule has 1 unspecified atom stereocenters. The van der Waals surface area contributed by atoms with E-state index in [0.717, 1.165) is 24.2 Å². The second-order valence-corrected chi connectivity index (χ2v) is 5.42. The normalized spacial score (nSPS) is 12.6. The van der Waals surface area contributed by atoms with Crippen molar-refractivity contribution in [2.75, 3.05) is 0 Å². The van der Waals surface area contributed by atoms with E-state index in [1.54, 1.807) is 12.3 Å². The van der Waals surface area contributed by atoms with Gasteiger partial charge in [0.15, 0.2) is 0 Å². The Morgan fingerprint density at radius 2 is 2.16 bits per heavy atom. The van der Waals surface area contributed by atoms with Crippen molar-refractivity contribution in [1.82, 2.24) is 9.55 Å². The Morgan fingerprint density at radius 1 is 1.37 bits per heavy atom. The Bertz CT molecular complexity index is 551. The van der Waals surface area contributed by atoms with Gasteiger partial charge in [0, 0.05) is 34.9 Å². The predicted molar refractivity (Wildman–Crippen MR) is 79.8 cm³/mol. The summed E-state index contributed by atoms with van der Waals surface area (Å²) in [5.74, 6) is 0.977. The van der Waals surface area contributed by atoms with Crippen LogP contribution in [0.25, 0.3) is 0 Å². The second-order valence-electron chi connectivity index (χ2n) is 4.58. The number of nitrogens with two attached hydrogens (primary N) is 1. The molecule has 1 heterocycles. The molecule has 0 saturated carbocycles. The van der Waals surface area contributed by atoms with E-state index in [1.807, 2.05) is 18.3 Å². The molecule has 3 nitrogen and oxygen atoms in total. The number of aromatic nitrogens is 2. The van der Waals surface area contributed by atoms with Crippen molar-refractivity contribution in [2.45, 2.75) is 32.4 Å². The molecule has 0 aliphatic carbocycles. The summed E-state index contributed by atoms with van der Waals surface area (Å²) in [6.07, 6.45) is 5.43. The van der Waals surface area contributed by atoms with Gasteiger partial charge in [0.05, 0.1) is 6.54 Å². The summed E-state index contributed by atoms with van der Waals surface area (Å²) in [5, 5.41) is 1.40. The van der Waals surface area contributed by atoms with Crippen LogP contribution in [0.4, 0.5) is 0 Å². The molecule has 0 saturated heterocycles. The number of imidazole rings is 1. The summed E-state index contributed by atoms with van der Waals surface area (Å²) in [6, 6.07) is 5.62. The average molecular weight is 298 g/mol. The third-order valence-corrected chi connectivity index (χ3v) is 3.72. The summed E-state index contributed by atoms with van der Waals surface area (Å²) in [4.78, 5) is 4.36. The van der Waals surface area contributed by atoms with Crippen molar-refractivity contribution in [3.8, 4) is 0 Å². The molecule has 2 rings (SSSR count). The SMILES string of the molecule is CCC(N)Cc1nccn1Cc1cc(Cl)ccc1Cl. The molecule has 5 heteroatoms. The molecule has 0 radical (unpaired) electrons. The molecule has 19 heavy (non-hydrogen) atoms. The summed E-state index contributed by atoms with van der Waals surface area (Å²) < 4.78 is 2.06. The molecule has 1 aromatic carbocycles. The number of halogens is 2. The monoisotopic (exact) mass is 297 g/mol. The third kappa shape index (κ3) is 3.72. The number of hydrogen-bond acceptors (Lipinski definition) is 2. The standard InChI is InChI=1S/C14H17Cl2N3/c1-2-12(17)8-14-18-5-6-19(14)9-10-7-11(15)3-4-13(10)16/h3-7,12H,2,8-9,17H2,1H3. The Balaban J connectivity index is 2.19. The van der Waals surface area contributed by atoms with Gasteiger partial charge >= 0.3 is 0 Å². The van der Waals surface area contributed by atoms with Gasteiger partial charge < -0.3 is 10.3 Å². The number of hydrogen-bond donors (Lipinski definition) is 1. The lowest BCUT2D eigenvalue weighted by Crippen LogP contribution is -2.23. The molecule has 0 fully saturated rings. The van der Waals surface area contributed by atoms with E-state index in [1.165, 1.54) is 0 Å². The number of benzene rings is 1. The minimum absolute atomic E-state index is 0.135. The number of rotatable bonds is 5. The summed E-state index contributed by atoms with van der Waals surface area (Å²) in [7, 11) is 0. The van der Waals surface area contributed by atoms with Crippen molar-refractivity contribution in [3.63, 3.8) is 0 Å². The van der Waals surface area contributed by atoms with Crippen molar-refractivity contribution >= 4 is 23.2 Å². The molecule has 102 valence electrons. The first-order valence-electron chi connectivity index (χ1n) is 6.29. The molecule has 1 atom stereocenters. The van der Waals surface area contributed by atoms with Gasteiger partial charge in [-0.3, -0.25) is 0 Å². The van der Waals surface area contributed by atoms with E-state index in [9.17, 15) is 0 Å². The van der Waals surface area contributed by atoms with Gasteiger partial charge in [-0.15, -0.1) is 0 Å². The number of nitrogens with zero attached hydrogens (tertiary/aromatic N) is 2. The smallest absolute Gasteiger partial charge is 0.110 e. The second kappa shape index (κ2) is 6.42. The maximum absolute atomic E-state index is 6.18. The fourth-order valence-electron chi connectivity index (χ4n) is 1.90. The lowest BCUT2D eigenvalue weighted by atomic mass is 10.1. The first kappa shape index (κ1) is 14.4. The Kier molecular flexibility index (Phi) is 4.86. The third-order valence-electron chi connectivity index (χ3n) is 3.12. The fourth-order valence-corrected chi connectivity index (χ4v) is 2.27. The maximum Gasteiger partial charge on any atom is 0.110 e. The topological polar surface area (TPSA) is 43.8 Å². The van der Waals surface area contributed by atoms with Crippen LogP contribution in [0.15, 0.2) is 30.6 Å². The van der Waals surface area contributed by atoms with Crippen LogP contribution in [0.3, 0.4) is 0 Å². The lowest BCUT2D eigenvalue weighted by Gasteiger charge is -2.12. The highest BCUT2D eigenvalue weighted by Gasteiger charge is 2.09. The predicted octanol–water partition coefficient (Wildman–Crippen LogP) is 3.52. The van der Waals surface area contributed by atoms with Gasteiger partial charge in [-0.05, 0) is 30.2 Å². The van der Waals surface area contributed by atoms with E-state index in [4.69, 9.17) is 28.9 Å². The minimum atomic E-state index is 0.135. The summed E-state index contributed by atoms with van der Waals surface area (Å²) in [6.45, 7) is 2.73. The van der Waals surface area contributed by atoms with Gasteiger partial charge in [0.2, 0.25) is 0 Å². The molecule has 2 N–H and O–H groups in total. The van der Waals surface area contributed by atoms with E-state index in [0.29, 0.717) is 16.6 Å². The average Bonchev–Trinajstić information content (AvgIpc) is 2.81. The maximum atomic E-state index is 6.18. The van der Waals surface area contributed by atoms with E-state index in [-0.39, 0.29) is 6.04 Å².